The van der Waals surface area contributed by atoms with Gasteiger partial charge in [0.2, 0.25) is 5.91 Å². The maximum absolute atomic E-state index is 11.1. The molecule has 2 aromatic rings. The monoisotopic (exact) mass is 226 g/mol. The summed E-state index contributed by atoms with van der Waals surface area (Å²) >= 11 is 0. The maximum atomic E-state index is 11.1. The Hall–Kier alpha value is -2.29. The van der Waals surface area contributed by atoms with Gasteiger partial charge >= 0.3 is 0 Å². The van der Waals surface area contributed by atoms with E-state index in [1.807, 2.05) is 48.5 Å². The molecule has 3 heteroatoms. The largest absolute Gasteiger partial charge is 0.399 e. The average molecular weight is 226 g/mol. The van der Waals surface area contributed by atoms with Gasteiger partial charge in [-0.25, -0.2) is 0 Å². The van der Waals surface area contributed by atoms with Gasteiger partial charge in [-0.3, -0.25) is 4.79 Å². The summed E-state index contributed by atoms with van der Waals surface area (Å²) < 4.78 is 0. The summed E-state index contributed by atoms with van der Waals surface area (Å²) in [5.74, 6) is -0.0760. The molecule has 2 aromatic carbocycles. The maximum Gasteiger partial charge on any atom is 0.221 e. The van der Waals surface area contributed by atoms with Crippen LogP contribution in [0.2, 0.25) is 0 Å². The van der Waals surface area contributed by atoms with Crippen molar-refractivity contribution in [2.24, 2.45) is 0 Å². The van der Waals surface area contributed by atoms with E-state index in [0.717, 1.165) is 22.5 Å². The van der Waals surface area contributed by atoms with Crippen molar-refractivity contribution >= 4 is 17.3 Å². The molecule has 0 saturated carbocycles. The summed E-state index contributed by atoms with van der Waals surface area (Å²) in [6, 6.07) is 15.3. The molecule has 0 unspecified atom stereocenters. The first-order valence-corrected chi connectivity index (χ1v) is 5.39. The van der Waals surface area contributed by atoms with Gasteiger partial charge in [0.25, 0.3) is 0 Å². The number of rotatable bonds is 2. The summed E-state index contributed by atoms with van der Waals surface area (Å²) in [6.07, 6.45) is 0. The number of nitrogen functional groups attached to an aromatic ring is 1. The topological polar surface area (TPSA) is 55.1 Å². The van der Waals surface area contributed by atoms with Gasteiger partial charge in [0, 0.05) is 23.9 Å². The number of hydrogen-bond acceptors (Lipinski definition) is 2. The predicted molar refractivity (Wildman–Crippen MR) is 70.6 cm³/mol. The second kappa shape index (κ2) is 4.70. The average Bonchev–Trinajstić information content (AvgIpc) is 2.30. The van der Waals surface area contributed by atoms with Crippen LogP contribution in [-0.2, 0) is 4.79 Å². The first-order chi connectivity index (χ1) is 8.16. The van der Waals surface area contributed by atoms with E-state index in [-0.39, 0.29) is 5.91 Å². The lowest BCUT2D eigenvalue weighted by Crippen LogP contribution is -2.06. The van der Waals surface area contributed by atoms with Gasteiger partial charge < -0.3 is 11.1 Å². The van der Waals surface area contributed by atoms with Crippen molar-refractivity contribution in [3.63, 3.8) is 0 Å². The third kappa shape index (κ3) is 2.64. The molecule has 17 heavy (non-hydrogen) atoms. The number of nitrogens with two attached hydrogens (primary N) is 1. The van der Waals surface area contributed by atoms with E-state index in [0.29, 0.717) is 0 Å². The van der Waals surface area contributed by atoms with Crippen LogP contribution < -0.4 is 11.1 Å². The highest BCUT2D eigenvalue weighted by molar-refractivity contribution is 5.94. The highest BCUT2D eigenvalue weighted by Gasteiger charge is 2.05. The number of benzene rings is 2. The van der Waals surface area contributed by atoms with Crippen LogP contribution in [-0.4, -0.2) is 5.91 Å². The molecule has 0 aliphatic heterocycles. The van der Waals surface area contributed by atoms with Crippen LogP contribution in [0.15, 0.2) is 48.5 Å². The lowest BCUT2D eigenvalue weighted by molar-refractivity contribution is -0.114. The number of nitrogens with one attached hydrogen (secondary N) is 1. The Bertz CT molecular complexity index is 532. The minimum absolute atomic E-state index is 0.0760. The fourth-order valence-corrected chi connectivity index (χ4v) is 1.70. The van der Waals surface area contributed by atoms with Gasteiger partial charge in [0.1, 0.15) is 0 Å². The number of hydrogen-bond donors (Lipinski definition) is 2. The van der Waals surface area contributed by atoms with Gasteiger partial charge in [-0.2, -0.15) is 0 Å². The Labute approximate surface area is 100 Å². The van der Waals surface area contributed by atoms with Crippen molar-refractivity contribution in [1.29, 1.82) is 0 Å². The van der Waals surface area contributed by atoms with E-state index in [4.69, 9.17) is 5.73 Å². The molecule has 0 saturated heterocycles. The molecule has 0 spiro atoms. The van der Waals surface area contributed by atoms with Gasteiger partial charge in [0.15, 0.2) is 0 Å². The van der Waals surface area contributed by atoms with Gasteiger partial charge in [-0.1, -0.05) is 30.3 Å². The van der Waals surface area contributed by atoms with Crippen molar-refractivity contribution in [1.82, 2.24) is 0 Å². The summed E-state index contributed by atoms with van der Waals surface area (Å²) in [7, 11) is 0. The molecule has 3 nitrogen and oxygen atoms in total. The lowest BCUT2D eigenvalue weighted by atomic mass is 10.0. The molecule has 0 aromatic heterocycles. The summed E-state index contributed by atoms with van der Waals surface area (Å²) in [4.78, 5) is 11.1. The van der Waals surface area contributed by atoms with Crippen LogP contribution in [0.5, 0.6) is 0 Å². The van der Waals surface area contributed by atoms with Crippen LogP contribution in [0, 0.1) is 0 Å². The Balaban J connectivity index is 2.44. The van der Waals surface area contributed by atoms with Crippen molar-refractivity contribution < 1.29 is 4.79 Å². The smallest absolute Gasteiger partial charge is 0.221 e. The standard InChI is InChI=1S/C14H14N2O/c1-10(17)16-14-5-3-2-4-13(14)11-6-8-12(15)9-7-11/h2-9H,15H2,1H3,(H,16,17). The minimum Gasteiger partial charge on any atom is -0.399 e. The van der Waals surface area contributed by atoms with Crippen LogP contribution in [0.4, 0.5) is 11.4 Å². The Morgan fingerprint density at radius 1 is 1.06 bits per heavy atom. The van der Waals surface area contributed by atoms with Gasteiger partial charge in [-0.15, -0.1) is 0 Å². The highest BCUT2D eigenvalue weighted by atomic mass is 16.1. The molecular weight excluding hydrogens is 212 g/mol. The van der Waals surface area contributed by atoms with E-state index >= 15 is 0 Å². The highest BCUT2D eigenvalue weighted by Crippen LogP contribution is 2.28. The second-order valence-electron chi connectivity index (χ2n) is 3.85. The van der Waals surface area contributed by atoms with E-state index in [1.54, 1.807) is 0 Å². The normalized spacial score (nSPS) is 9.94. The van der Waals surface area contributed by atoms with Crippen molar-refractivity contribution in [2.45, 2.75) is 6.92 Å². The number of carbonyl (C=O) groups excluding carboxylic acids is 1. The predicted octanol–water partition coefficient (Wildman–Crippen LogP) is 2.89. The van der Waals surface area contributed by atoms with Crippen LogP contribution >= 0.6 is 0 Å². The van der Waals surface area contributed by atoms with E-state index in [2.05, 4.69) is 5.32 Å². The van der Waals surface area contributed by atoms with Crippen LogP contribution in [0.25, 0.3) is 11.1 Å². The molecule has 0 radical (unpaired) electrons. The third-order valence-corrected chi connectivity index (χ3v) is 2.46. The van der Waals surface area contributed by atoms with Crippen LogP contribution in [0.1, 0.15) is 6.92 Å². The molecule has 0 aliphatic carbocycles. The fraction of sp³-hybridized carbons (Fsp3) is 0.0714. The Morgan fingerprint density at radius 3 is 2.35 bits per heavy atom. The molecule has 0 bridgehead atoms. The first kappa shape index (κ1) is 11.2. The summed E-state index contributed by atoms with van der Waals surface area (Å²) in [5.41, 5.74) is 9.21. The number of amides is 1. The molecule has 3 N–H and O–H groups in total. The lowest BCUT2D eigenvalue weighted by Gasteiger charge is -2.10. The van der Waals surface area contributed by atoms with E-state index in [1.165, 1.54) is 6.92 Å². The first-order valence-electron chi connectivity index (χ1n) is 5.39. The Kier molecular flexibility index (Phi) is 3.10. The quantitative estimate of drug-likeness (QED) is 0.773. The number of anilines is 2. The van der Waals surface area contributed by atoms with Crippen molar-refractivity contribution in [3.8, 4) is 11.1 Å². The number of para-hydroxylation sites is 1. The summed E-state index contributed by atoms with van der Waals surface area (Å²) in [5, 5.41) is 2.82. The van der Waals surface area contributed by atoms with Crippen molar-refractivity contribution in [2.75, 3.05) is 11.1 Å². The molecule has 1 amide bonds. The van der Waals surface area contributed by atoms with Gasteiger partial charge in [0.05, 0.1) is 0 Å². The Morgan fingerprint density at radius 2 is 1.71 bits per heavy atom. The minimum atomic E-state index is -0.0760. The molecular formula is C14H14N2O. The zero-order valence-electron chi connectivity index (χ0n) is 9.60. The van der Waals surface area contributed by atoms with Crippen molar-refractivity contribution in [3.05, 3.63) is 48.5 Å². The molecule has 0 aliphatic rings. The molecule has 0 heterocycles. The summed E-state index contributed by atoms with van der Waals surface area (Å²) in [6.45, 7) is 1.50. The molecule has 2 rings (SSSR count). The molecule has 0 fully saturated rings. The third-order valence-electron chi connectivity index (χ3n) is 2.46. The second-order valence-corrected chi connectivity index (χ2v) is 3.85. The van der Waals surface area contributed by atoms with Crippen LogP contribution in [0.3, 0.4) is 0 Å². The number of carbonyl (C=O) groups is 1. The van der Waals surface area contributed by atoms with Gasteiger partial charge in [-0.05, 0) is 23.8 Å². The SMILES string of the molecule is CC(=O)Nc1ccccc1-c1ccc(N)cc1. The van der Waals surface area contributed by atoms with E-state index in [9.17, 15) is 4.79 Å². The zero-order valence-corrected chi connectivity index (χ0v) is 9.60. The fourth-order valence-electron chi connectivity index (χ4n) is 1.70. The zero-order chi connectivity index (χ0) is 12.3. The van der Waals surface area contributed by atoms with E-state index < -0.39 is 0 Å². The molecule has 0 atom stereocenters. The molecule has 86 valence electrons.